The van der Waals surface area contributed by atoms with Gasteiger partial charge in [-0.15, -0.1) is 5.10 Å². The third-order valence-corrected chi connectivity index (χ3v) is 4.86. The highest BCUT2D eigenvalue weighted by Crippen LogP contribution is 2.28. The van der Waals surface area contributed by atoms with Gasteiger partial charge in [0, 0.05) is 24.9 Å². The maximum atomic E-state index is 11.8. The molecule has 124 valence electrons. The number of hydrogen-bond donors (Lipinski definition) is 1. The monoisotopic (exact) mass is 364 g/mol. The van der Waals surface area contributed by atoms with E-state index in [1.165, 1.54) is 17.5 Å². The average molecular weight is 365 g/mol. The number of fused-ring (bicyclic) bond motifs is 1. The smallest absolute Gasteiger partial charge is 0.249 e. The van der Waals surface area contributed by atoms with Crippen molar-refractivity contribution in [3.63, 3.8) is 0 Å². The molecule has 3 aromatic rings. The molecule has 0 atom stereocenters. The lowest BCUT2D eigenvalue weighted by Gasteiger charge is -2.06. The number of rotatable bonds is 3. The highest BCUT2D eigenvalue weighted by Gasteiger charge is 2.14. The van der Waals surface area contributed by atoms with E-state index in [9.17, 15) is 13.2 Å². The molecule has 0 unspecified atom stereocenters. The van der Waals surface area contributed by atoms with Crippen molar-refractivity contribution >= 4 is 38.9 Å². The van der Waals surface area contributed by atoms with Crippen molar-refractivity contribution < 1.29 is 13.2 Å². The maximum absolute atomic E-state index is 11.8. The van der Waals surface area contributed by atoms with Gasteiger partial charge in [0.1, 0.15) is 0 Å². The second-order valence-electron chi connectivity index (χ2n) is 5.25. The first-order valence-corrected chi connectivity index (χ1v) is 9.15. The van der Waals surface area contributed by atoms with Crippen molar-refractivity contribution in [3.05, 3.63) is 41.6 Å². The number of benzene rings is 1. The summed E-state index contributed by atoms with van der Waals surface area (Å²) in [7, 11) is -3.43. The van der Waals surface area contributed by atoms with E-state index in [1.54, 1.807) is 30.5 Å². The summed E-state index contributed by atoms with van der Waals surface area (Å²) < 4.78 is 25.1. The van der Waals surface area contributed by atoms with E-state index in [4.69, 9.17) is 11.6 Å². The number of sulfone groups is 1. The van der Waals surface area contributed by atoms with Crippen LogP contribution in [0.2, 0.25) is 5.02 Å². The fourth-order valence-corrected chi connectivity index (χ4v) is 3.53. The number of nitrogens with one attached hydrogen (secondary N) is 1. The van der Waals surface area contributed by atoms with Crippen LogP contribution in [0.15, 0.2) is 41.4 Å². The number of hydrogen-bond acceptors (Lipinski definition) is 5. The fraction of sp³-hybridized carbons (Fsp3) is 0.133. The average Bonchev–Trinajstić information content (AvgIpc) is 2.86. The number of halogens is 1. The number of nitrogens with zero attached hydrogens (tertiary/aromatic N) is 3. The van der Waals surface area contributed by atoms with Gasteiger partial charge in [0.15, 0.2) is 15.5 Å². The fourth-order valence-electron chi connectivity index (χ4n) is 2.23. The van der Waals surface area contributed by atoms with Crippen molar-refractivity contribution in [1.82, 2.24) is 14.6 Å². The topological polar surface area (TPSA) is 93.4 Å². The summed E-state index contributed by atoms with van der Waals surface area (Å²) in [6.07, 6.45) is 2.81. The molecule has 0 radical (unpaired) electrons. The Kier molecular flexibility index (Phi) is 4.02. The molecule has 0 aliphatic rings. The number of amides is 1. The molecule has 3 rings (SSSR count). The van der Waals surface area contributed by atoms with Crippen LogP contribution < -0.4 is 5.32 Å². The van der Waals surface area contributed by atoms with Crippen LogP contribution in [-0.2, 0) is 14.6 Å². The zero-order valence-corrected chi connectivity index (χ0v) is 14.4. The zero-order chi connectivity index (χ0) is 17.5. The van der Waals surface area contributed by atoms with Crippen LogP contribution in [0.5, 0.6) is 0 Å². The zero-order valence-electron chi connectivity index (χ0n) is 12.8. The number of carbonyl (C=O) groups is 1. The summed E-state index contributed by atoms with van der Waals surface area (Å²) in [5.41, 5.74) is 1.97. The second-order valence-corrected chi connectivity index (χ2v) is 7.65. The van der Waals surface area contributed by atoms with E-state index in [-0.39, 0.29) is 21.8 Å². The summed E-state index contributed by atoms with van der Waals surface area (Å²) in [6, 6.07) is 8.30. The molecule has 1 aromatic carbocycles. The first kappa shape index (κ1) is 16.4. The van der Waals surface area contributed by atoms with Crippen LogP contribution in [0, 0.1) is 0 Å². The molecule has 7 nitrogen and oxygen atoms in total. The van der Waals surface area contributed by atoms with Crippen molar-refractivity contribution in [2.45, 2.75) is 11.8 Å². The van der Waals surface area contributed by atoms with Gasteiger partial charge in [-0.05, 0) is 29.8 Å². The van der Waals surface area contributed by atoms with Crippen molar-refractivity contribution in [2.24, 2.45) is 0 Å². The van der Waals surface area contributed by atoms with Crippen molar-refractivity contribution in [3.8, 4) is 11.1 Å². The highest BCUT2D eigenvalue weighted by atomic mass is 35.5. The number of pyridine rings is 1. The lowest BCUT2D eigenvalue weighted by Crippen LogP contribution is -2.07. The maximum Gasteiger partial charge on any atom is 0.249 e. The van der Waals surface area contributed by atoms with Crippen molar-refractivity contribution in [2.75, 3.05) is 11.6 Å². The van der Waals surface area contributed by atoms with E-state index in [2.05, 4.69) is 15.4 Å². The predicted octanol–water partition coefficient (Wildman–Crippen LogP) is 2.41. The quantitative estimate of drug-likeness (QED) is 0.770. The molecular formula is C15H13ClN4O3S. The molecule has 0 aliphatic carbocycles. The summed E-state index contributed by atoms with van der Waals surface area (Å²) in [5.74, 6) is -0.0609. The number of aromatic nitrogens is 3. The van der Waals surface area contributed by atoms with E-state index in [1.807, 2.05) is 0 Å². The summed E-state index contributed by atoms with van der Waals surface area (Å²) in [5, 5.41) is 6.85. The Balaban J connectivity index is 2.08. The van der Waals surface area contributed by atoms with Gasteiger partial charge in [-0.1, -0.05) is 17.7 Å². The number of carbonyl (C=O) groups excluding carboxylic acids is 1. The lowest BCUT2D eigenvalue weighted by atomic mass is 10.1. The van der Waals surface area contributed by atoms with Crippen LogP contribution in [0.1, 0.15) is 6.92 Å². The van der Waals surface area contributed by atoms with Gasteiger partial charge in [-0.25, -0.2) is 12.9 Å². The SMILES string of the molecule is CC(=O)Nc1nc2ccc(-c3ccc(Cl)c(S(C)(=O)=O)c3)cn2n1. The summed E-state index contributed by atoms with van der Waals surface area (Å²) >= 11 is 5.97. The molecule has 2 heterocycles. The molecule has 0 bridgehead atoms. The molecule has 0 spiro atoms. The van der Waals surface area contributed by atoms with Gasteiger partial charge >= 0.3 is 0 Å². The van der Waals surface area contributed by atoms with E-state index in [0.717, 1.165) is 11.8 Å². The second kappa shape index (κ2) is 5.88. The molecule has 1 N–H and O–H groups in total. The molecule has 1 amide bonds. The molecule has 0 saturated heterocycles. The third-order valence-electron chi connectivity index (χ3n) is 3.28. The van der Waals surface area contributed by atoms with Crippen LogP contribution in [-0.4, -0.2) is 35.2 Å². The normalized spacial score (nSPS) is 11.6. The Morgan fingerprint density at radius 2 is 1.92 bits per heavy atom. The molecule has 0 aliphatic heterocycles. The van der Waals surface area contributed by atoms with E-state index in [0.29, 0.717) is 11.2 Å². The Bertz CT molecular complexity index is 1060. The first-order valence-electron chi connectivity index (χ1n) is 6.88. The van der Waals surface area contributed by atoms with Crippen LogP contribution in [0.3, 0.4) is 0 Å². The first-order chi connectivity index (χ1) is 11.2. The summed E-state index contributed by atoms with van der Waals surface area (Å²) in [4.78, 5) is 15.3. The standard InChI is InChI=1S/C15H13ClN4O3S/c1-9(21)17-15-18-14-6-4-11(8-20(14)19-15)10-3-5-12(16)13(7-10)24(2,22)23/h3-8H,1-2H3,(H,17,19,21). The van der Waals surface area contributed by atoms with E-state index < -0.39 is 9.84 Å². The molecular weight excluding hydrogens is 352 g/mol. The largest absolute Gasteiger partial charge is 0.293 e. The molecule has 0 fully saturated rings. The van der Waals surface area contributed by atoms with Gasteiger partial charge in [0.25, 0.3) is 0 Å². The molecule has 24 heavy (non-hydrogen) atoms. The van der Waals surface area contributed by atoms with Gasteiger partial charge < -0.3 is 0 Å². The minimum atomic E-state index is -3.43. The van der Waals surface area contributed by atoms with Crippen molar-refractivity contribution in [1.29, 1.82) is 0 Å². The van der Waals surface area contributed by atoms with Gasteiger partial charge in [-0.2, -0.15) is 4.98 Å². The van der Waals surface area contributed by atoms with Gasteiger partial charge in [0.05, 0.1) is 9.92 Å². The number of anilines is 1. The van der Waals surface area contributed by atoms with Gasteiger partial charge in [-0.3, -0.25) is 10.1 Å². The Labute approximate surface area is 143 Å². The molecule has 9 heteroatoms. The molecule has 0 saturated carbocycles. The third kappa shape index (κ3) is 3.24. The van der Waals surface area contributed by atoms with Gasteiger partial charge in [0.2, 0.25) is 11.9 Å². The highest BCUT2D eigenvalue weighted by molar-refractivity contribution is 7.90. The lowest BCUT2D eigenvalue weighted by molar-refractivity contribution is -0.114. The Hall–Kier alpha value is -2.45. The van der Waals surface area contributed by atoms with Crippen LogP contribution >= 0.6 is 11.6 Å². The van der Waals surface area contributed by atoms with E-state index >= 15 is 0 Å². The minimum Gasteiger partial charge on any atom is -0.293 e. The molecule has 2 aromatic heterocycles. The van der Waals surface area contributed by atoms with Crippen LogP contribution in [0.25, 0.3) is 16.8 Å². The Morgan fingerprint density at radius 3 is 2.58 bits per heavy atom. The predicted molar refractivity (Wildman–Crippen MR) is 90.8 cm³/mol. The Morgan fingerprint density at radius 1 is 1.21 bits per heavy atom. The summed E-state index contributed by atoms with van der Waals surface area (Å²) in [6.45, 7) is 1.37. The minimum absolute atomic E-state index is 0.0688. The van der Waals surface area contributed by atoms with Crippen LogP contribution in [0.4, 0.5) is 5.95 Å².